The molecule has 0 unspecified atom stereocenters. The largest absolute Gasteiger partial charge is 0.387 e. The number of aromatic nitrogens is 1. The van der Waals surface area contributed by atoms with Crippen LogP contribution in [-0.2, 0) is 17.9 Å². The van der Waals surface area contributed by atoms with Crippen molar-refractivity contribution in [3.05, 3.63) is 17.5 Å². The van der Waals surface area contributed by atoms with Crippen LogP contribution in [0, 0.1) is 0 Å². The molecule has 0 aromatic carbocycles. The van der Waals surface area contributed by atoms with Crippen molar-refractivity contribution in [3.8, 4) is 0 Å². The highest BCUT2D eigenvalue weighted by molar-refractivity contribution is 5.06. The lowest BCUT2D eigenvalue weighted by Crippen LogP contribution is -2.60. The third kappa shape index (κ3) is 3.06. The summed E-state index contributed by atoms with van der Waals surface area (Å²) in [5.74, 6) is 0.742. The quantitative estimate of drug-likeness (QED) is 0.808. The number of hydrogen-bond acceptors (Lipinski definition) is 5. The third-order valence-electron chi connectivity index (χ3n) is 3.03. The Morgan fingerprint density at radius 3 is 3.00 bits per heavy atom. The second kappa shape index (κ2) is 5.16. The molecule has 0 spiro atoms. The zero-order chi connectivity index (χ0) is 12.3. The van der Waals surface area contributed by atoms with Gasteiger partial charge in [-0.3, -0.25) is 4.90 Å². The molecule has 1 aromatic rings. The molecule has 1 N–H and O–H groups in total. The molecule has 0 bridgehead atoms. The van der Waals surface area contributed by atoms with E-state index in [4.69, 9.17) is 9.26 Å². The Morgan fingerprint density at radius 1 is 1.59 bits per heavy atom. The summed E-state index contributed by atoms with van der Waals surface area (Å²) >= 11 is 0. The summed E-state index contributed by atoms with van der Waals surface area (Å²) in [4.78, 5) is 2.17. The topological polar surface area (TPSA) is 58.7 Å². The predicted octanol–water partition coefficient (Wildman–Crippen LogP) is 1.17. The highest BCUT2D eigenvalue weighted by Gasteiger charge is 2.40. The molecule has 0 atom stereocenters. The van der Waals surface area contributed by atoms with Crippen LogP contribution >= 0.6 is 0 Å². The van der Waals surface area contributed by atoms with Gasteiger partial charge in [0.05, 0.1) is 11.3 Å². The minimum absolute atomic E-state index is 0.451. The number of nitrogens with zero attached hydrogens (tertiary/aromatic N) is 2. The molecule has 1 saturated heterocycles. The van der Waals surface area contributed by atoms with E-state index in [9.17, 15) is 5.11 Å². The van der Waals surface area contributed by atoms with Gasteiger partial charge < -0.3 is 14.4 Å². The summed E-state index contributed by atoms with van der Waals surface area (Å²) in [5, 5.41) is 14.0. The van der Waals surface area contributed by atoms with Crippen molar-refractivity contribution in [1.82, 2.24) is 10.1 Å². The van der Waals surface area contributed by atoms with Crippen molar-refractivity contribution in [2.75, 3.05) is 20.2 Å². The van der Waals surface area contributed by atoms with Crippen molar-refractivity contribution in [3.63, 3.8) is 0 Å². The van der Waals surface area contributed by atoms with E-state index in [1.165, 1.54) is 0 Å². The fraction of sp³-hybridized carbons (Fsp3) is 0.750. The molecular weight excluding hydrogens is 220 g/mol. The zero-order valence-electron chi connectivity index (χ0n) is 10.5. The SMILES string of the molecule is CCCC1(O)CN(Cc2cc(COC)on2)C1. The Labute approximate surface area is 101 Å². The highest BCUT2D eigenvalue weighted by atomic mass is 16.5. The summed E-state index contributed by atoms with van der Waals surface area (Å²) in [7, 11) is 1.63. The van der Waals surface area contributed by atoms with Crippen LogP contribution in [0.5, 0.6) is 0 Å². The van der Waals surface area contributed by atoms with Crippen LogP contribution in [-0.4, -0.2) is 41.0 Å². The second-order valence-corrected chi connectivity index (χ2v) is 4.84. The smallest absolute Gasteiger partial charge is 0.162 e. The number of aliphatic hydroxyl groups is 1. The minimum Gasteiger partial charge on any atom is -0.387 e. The Bertz CT molecular complexity index is 358. The van der Waals surface area contributed by atoms with Crippen molar-refractivity contribution in [2.24, 2.45) is 0 Å². The van der Waals surface area contributed by atoms with Gasteiger partial charge in [0.1, 0.15) is 6.61 Å². The molecule has 96 valence electrons. The Kier molecular flexibility index (Phi) is 3.81. The summed E-state index contributed by atoms with van der Waals surface area (Å²) in [5.41, 5.74) is 0.420. The standard InChI is InChI=1S/C12H20N2O3/c1-3-4-12(15)8-14(9-12)6-10-5-11(7-16-2)17-13-10/h5,15H,3-4,6-9H2,1-2H3. The van der Waals surface area contributed by atoms with Gasteiger partial charge in [0.25, 0.3) is 0 Å². The zero-order valence-corrected chi connectivity index (χ0v) is 10.5. The molecule has 2 rings (SSSR count). The second-order valence-electron chi connectivity index (χ2n) is 4.84. The van der Waals surface area contributed by atoms with E-state index >= 15 is 0 Å². The van der Waals surface area contributed by atoms with Crippen molar-refractivity contribution >= 4 is 0 Å². The van der Waals surface area contributed by atoms with E-state index in [-0.39, 0.29) is 0 Å². The number of β-amino-alcohol motifs (C(OH)–C–C–N with tert-alkyl or cyclic N) is 1. The van der Waals surface area contributed by atoms with Gasteiger partial charge in [0.2, 0.25) is 0 Å². The fourth-order valence-electron chi connectivity index (χ4n) is 2.39. The molecule has 1 aromatic heterocycles. The van der Waals surface area contributed by atoms with Crippen LogP contribution in [0.1, 0.15) is 31.2 Å². The van der Waals surface area contributed by atoms with Gasteiger partial charge in [0, 0.05) is 32.8 Å². The number of methoxy groups -OCH3 is 1. The summed E-state index contributed by atoms with van der Waals surface area (Å²) in [6.45, 7) is 4.74. The first kappa shape index (κ1) is 12.5. The Hall–Kier alpha value is -0.910. The van der Waals surface area contributed by atoms with Crippen LogP contribution in [0.4, 0.5) is 0 Å². The Balaban J connectivity index is 1.79. The molecule has 2 heterocycles. The number of hydrogen-bond donors (Lipinski definition) is 1. The molecule has 0 radical (unpaired) electrons. The lowest BCUT2D eigenvalue weighted by Gasteiger charge is -2.46. The van der Waals surface area contributed by atoms with E-state index in [1.54, 1.807) is 7.11 Å². The normalized spacial score (nSPS) is 19.2. The molecule has 5 nitrogen and oxygen atoms in total. The monoisotopic (exact) mass is 240 g/mol. The third-order valence-corrected chi connectivity index (χ3v) is 3.03. The number of rotatable bonds is 6. The van der Waals surface area contributed by atoms with Gasteiger partial charge in [-0.15, -0.1) is 0 Å². The van der Waals surface area contributed by atoms with E-state index in [0.29, 0.717) is 6.61 Å². The van der Waals surface area contributed by atoms with Crippen LogP contribution in [0.3, 0.4) is 0 Å². The minimum atomic E-state index is -0.478. The molecule has 5 heteroatoms. The summed E-state index contributed by atoms with van der Waals surface area (Å²) < 4.78 is 10.1. The number of likely N-dealkylation sites (tertiary alicyclic amines) is 1. The van der Waals surface area contributed by atoms with Crippen molar-refractivity contribution < 1.29 is 14.4 Å². The van der Waals surface area contributed by atoms with Gasteiger partial charge in [-0.05, 0) is 6.42 Å². The highest BCUT2D eigenvalue weighted by Crippen LogP contribution is 2.27. The molecular formula is C12H20N2O3. The van der Waals surface area contributed by atoms with Gasteiger partial charge in [-0.25, -0.2) is 0 Å². The Morgan fingerprint density at radius 2 is 2.35 bits per heavy atom. The van der Waals surface area contributed by atoms with Crippen LogP contribution < -0.4 is 0 Å². The lowest BCUT2D eigenvalue weighted by molar-refractivity contribution is -0.107. The van der Waals surface area contributed by atoms with Crippen LogP contribution in [0.2, 0.25) is 0 Å². The number of ether oxygens (including phenoxy) is 1. The van der Waals surface area contributed by atoms with Gasteiger partial charge in [-0.1, -0.05) is 18.5 Å². The summed E-state index contributed by atoms with van der Waals surface area (Å²) in [6, 6.07) is 1.90. The van der Waals surface area contributed by atoms with Crippen LogP contribution in [0.15, 0.2) is 10.6 Å². The lowest BCUT2D eigenvalue weighted by atomic mass is 9.89. The maximum atomic E-state index is 10.0. The van der Waals surface area contributed by atoms with E-state index in [0.717, 1.165) is 43.9 Å². The first-order chi connectivity index (χ1) is 8.15. The molecule has 1 aliphatic heterocycles. The fourth-order valence-corrected chi connectivity index (χ4v) is 2.39. The average molecular weight is 240 g/mol. The van der Waals surface area contributed by atoms with Crippen LogP contribution in [0.25, 0.3) is 0 Å². The molecule has 17 heavy (non-hydrogen) atoms. The first-order valence-corrected chi connectivity index (χ1v) is 6.03. The van der Waals surface area contributed by atoms with Gasteiger partial charge in [-0.2, -0.15) is 0 Å². The maximum Gasteiger partial charge on any atom is 0.162 e. The maximum absolute atomic E-state index is 10.0. The predicted molar refractivity (Wildman–Crippen MR) is 62.4 cm³/mol. The van der Waals surface area contributed by atoms with Crippen molar-refractivity contribution in [2.45, 2.75) is 38.5 Å². The average Bonchev–Trinajstić information content (AvgIpc) is 2.64. The van der Waals surface area contributed by atoms with E-state index < -0.39 is 5.60 Å². The molecule has 0 aliphatic carbocycles. The van der Waals surface area contributed by atoms with E-state index in [1.807, 2.05) is 6.07 Å². The van der Waals surface area contributed by atoms with Crippen molar-refractivity contribution in [1.29, 1.82) is 0 Å². The first-order valence-electron chi connectivity index (χ1n) is 6.03. The molecule has 0 amide bonds. The van der Waals surface area contributed by atoms with Gasteiger partial charge >= 0.3 is 0 Å². The molecule has 1 fully saturated rings. The van der Waals surface area contributed by atoms with E-state index in [2.05, 4.69) is 17.0 Å². The molecule has 1 aliphatic rings. The molecule has 0 saturated carbocycles. The van der Waals surface area contributed by atoms with Gasteiger partial charge in [0.15, 0.2) is 5.76 Å². The summed E-state index contributed by atoms with van der Waals surface area (Å²) in [6.07, 6.45) is 1.89.